The molecule has 2 nitrogen and oxygen atoms in total. The summed E-state index contributed by atoms with van der Waals surface area (Å²) in [4.78, 5) is 0. The van der Waals surface area contributed by atoms with E-state index in [1.165, 1.54) is 0 Å². The SMILES string of the molecule is Cc1cc(Br)c(O)c(C)c1O. The van der Waals surface area contributed by atoms with E-state index in [0.717, 1.165) is 5.56 Å². The van der Waals surface area contributed by atoms with Gasteiger partial charge in [0.2, 0.25) is 0 Å². The Hall–Kier alpha value is -0.700. The lowest BCUT2D eigenvalue weighted by Crippen LogP contribution is -1.82. The molecule has 1 aromatic carbocycles. The van der Waals surface area contributed by atoms with Gasteiger partial charge in [-0.15, -0.1) is 0 Å². The summed E-state index contributed by atoms with van der Waals surface area (Å²) in [5.41, 5.74) is 1.27. The summed E-state index contributed by atoms with van der Waals surface area (Å²) in [5, 5.41) is 18.6. The first-order valence-corrected chi connectivity index (χ1v) is 4.01. The summed E-state index contributed by atoms with van der Waals surface area (Å²) in [6.45, 7) is 3.45. The smallest absolute Gasteiger partial charge is 0.136 e. The average molecular weight is 217 g/mol. The Morgan fingerprint density at radius 2 is 1.73 bits per heavy atom. The fourth-order valence-electron chi connectivity index (χ4n) is 0.914. The van der Waals surface area contributed by atoms with Crippen LogP contribution >= 0.6 is 15.9 Å². The van der Waals surface area contributed by atoms with E-state index in [1.54, 1.807) is 19.9 Å². The summed E-state index contributed by atoms with van der Waals surface area (Å²) < 4.78 is 0.616. The summed E-state index contributed by atoms with van der Waals surface area (Å²) in [6, 6.07) is 1.68. The van der Waals surface area contributed by atoms with Crippen LogP contribution in [0.1, 0.15) is 11.1 Å². The van der Waals surface area contributed by atoms with Crippen LogP contribution in [0.2, 0.25) is 0 Å². The van der Waals surface area contributed by atoms with Crippen LogP contribution in [0.15, 0.2) is 10.5 Å². The molecule has 3 heteroatoms. The number of phenolic OH excluding ortho intramolecular Hbond substituents is 2. The zero-order valence-electron chi connectivity index (χ0n) is 6.35. The zero-order chi connectivity index (χ0) is 8.59. The van der Waals surface area contributed by atoms with Crippen molar-refractivity contribution in [2.45, 2.75) is 13.8 Å². The molecule has 0 saturated heterocycles. The van der Waals surface area contributed by atoms with E-state index < -0.39 is 0 Å². The molecule has 0 aromatic heterocycles. The first kappa shape index (κ1) is 8.40. The minimum Gasteiger partial charge on any atom is -0.507 e. The molecule has 1 aromatic rings. The fourth-order valence-corrected chi connectivity index (χ4v) is 1.55. The number of hydrogen-bond donors (Lipinski definition) is 2. The third-order valence-electron chi connectivity index (χ3n) is 1.65. The topological polar surface area (TPSA) is 40.5 Å². The molecule has 0 heterocycles. The standard InChI is InChI=1S/C8H9BrO2/c1-4-3-6(9)8(11)5(2)7(4)10/h3,10-11H,1-2H3. The van der Waals surface area contributed by atoms with Gasteiger partial charge in [0, 0.05) is 5.56 Å². The number of aromatic hydroxyl groups is 2. The van der Waals surface area contributed by atoms with Crippen molar-refractivity contribution >= 4 is 15.9 Å². The zero-order valence-corrected chi connectivity index (χ0v) is 7.94. The van der Waals surface area contributed by atoms with Crippen LogP contribution in [-0.4, -0.2) is 10.2 Å². The maximum atomic E-state index is 9.33. The average Bonchev–Trinajstić information content (AvgIpc) is 1.97. The van der Waals surface area contributed by atoms with E-state index in [2.05, 4.69) is 15.9 Å². The van der Waals surface area contributed by atoms with Crippen LogP contribution in [-0.2, 0) is 0 Å². The van der Waals surface area contributed by atoms with Crippen molar-refractivity contribution in [3.8, 4) is 11.5 Å². The van der Waals surface area contributed by atoms with Crippen LogP contribution in [0.4, 0.5) is 0 Å². The molecular weight excluding hydrogens is 208 g/mol. The van der Waals surface area contributed by atoms with Crippen molar-refractivity contribution in [2.24, 2.45) is 0 Å². The number of hydrogen-bond acceptors (Lipinski definition) is 2. The Morgan fingerprint density at radius 1 is 1.18 bits per heavy atom. The van der Waals surface area contributed by atoms with Crippen molar-refractivity contribution in [3.05, 3.63) is 21.7 Å². The highest BCUT2D eigenvalue weighted by molar-refractivity contribution is 9.10. The lowest BCUT2D eigenvalue weighted by Gasteiger charge is -2.06. The van der Waals surface area contributed by atoms with Gasteiger partial charge in [0.05, 0.1) is 4.47 Å². The molecule has 0 aliphatic rings. The second kappa shape index (κ2) is 2.74. The quantitative estimate of drug-likeness (QED) is 0.700. The molecule has 60 valence electrons. The molecule has 0 spiro atoms. The summed E-state index contributed by atoms with van der Waals surface area (Å²) in [7, 11) is 0. The van der Waals surface area contributed by atoms with Crippen LogP contribution in [0.25, 0.3) is 0 Å². The molecule has 0 saturated carbocycles. The predicted octanol–water partition coefficient (Wildman–Crippen LogP) is 2.48. The van der Waals surface area contributed by atoms with Gasteiger partial charge in [-0.2, -0.15) is 0 Å². The van der Waals surface area contributed by atoms with E-state index in [-0.39, 0.29) is 11.5 Å². The molecule has 0 bridgehead atoms. The third-order valence-corrected chi connectivity index (χ3v) is 2.26. The number of rotatable bonds is 0. The molecule has 1 rings (SSSR count). The summed E-state index contributed by atoms with van der Waals surface area (Å²) in [5.74, 6) is 0.263. The summed E-state index contributed by atoms with van der Waals surface area (Å²) in [6.07, 6.45) is 0. The number of aryl methyl sites for hydroxylation is 1. The molecule has 0 radical (unpaired) electrons. The normalized spacial score (nSPS) is 10.1. The van der Waals surface area contributed by atoms with Gasteiger partial charge in [0.25, 0.3) is 0 Å². The first-order chi connectivity index (χ1) is 5.04. The minimum absolute atomic E-state index is 0.105. The Balaban J connectivity index is 3.46. The van der Waals surface area contributed by atoms with Crippen molar-refractivity contribution < 1.29 is 10.2 Å². The molecule has 2 N–H and O–H groups in total. The van der Waals surface area contributed by atoms with Gasteiger partial charge in [-0.25, -0.2) is 0 Å². The van der Waals surface area contributed by atoms with Crippen LogP contribution in [0, 0.1) is 13.8 Å². The molecule has 0 aliphatic heterocycles. The molecule has 0 unspecified atom stereocenters. The second-order valence-electron chi connectivity index (χ2n) is 2.50. The number of halogens is 1. The van der Waals surface area contributed by atoms with E-state index in [4.69, 9.17) is 0 Å². The highest BCUT2D eigenvalue weighted by atomic mass is 79.9. The Morgan fingerprint density at radius 3 is 2.27 bits per heavy atom. The monoisotopic (exact) mass is 216 g/mol. The largest absolute Gasteiger partial charge is 0.507 e. The van der Waals surface area contributed by atoms with Gasteiger partial charge in [-0.05, 0) is 41.4 Å². The van der Waals surface area contributed by atoms with Gasteiger partial charge in [-0.1, -0.05) is 0 Å². The van der Waals surface area contributed by atoms with Crippen molar-refractivity contribution in [1.82, 2.24) is 0 Å². The maximum absolute atomic E-state index is 9.33. The Kier molecular flexibility index (Phi) is 2.09. The third kappa shape index (κ3) is 1.33. The van der Waals surface area contributed by atoms with Crippen molar-refractivity contribution in [3.63, 3.8) is 0 Å². The second-order valence-corrected chi connectivity index (χ2v) is 3.35. The maximum Gasteiger partial charge on any atom is 0.136 e. The molecule has 11 heavy (non-hydrogen) atoms. The van der Waals surface area contributed by atoms with E-state index in [0.29, 0.717) is 10.0 Å². The van der Waals surface area contributed by atoms with E-state index >= 15 is 0 Å². The minimum atomic E-state index is 0.105. The molecule has 0 aliphatic carbocycles. The number of benzene rings is 1. The lowest BCUT2D eigenvalue weighted by atomic mass is 10.1. The molecule has 0 atom stereocenters. The predicted molar refractivity (Wildman–Crippen MR) is 46.9 cm³/mol. The van der Waals surface area contributed by atoms with Crippen molar-refractivity contribution in [2.75, 3.05) is 0 Å². The highest BCUT2D eigenvalue weighted by Gasteiger charge is 2.08. The Bertz CT molecular complexity index is 268. The molecule has 0 amide bonds. The van der Waals surface area contributed by atoms with Gasteiger partial charge >= 0.3 is 0 Å². The van der Waals surface area contributed by atoms with Crippen LogP contribution in [0.3, 0.4) is 0 Å². The Labute approximate surface area is 73.6 Å². The molecular formula is C8H9BrO2. The summed E-state index contributed by atoms with van der Waals surface area (Å²) >= 11 is 3.17. The van der Waals surface area contributed by atoms with E-state index in [9.17, 15) is 10.2 Å². The van der Waals surface area contributed by atoms with Gasteiger partial charge in [0.1, 0.15) is 11.5 Å². The first-order valence-electron chi connectivity index (χ1n) is 3.21. The van der Waals surface area contributed by atoms with Gasteiger partial charge < -0.3 is 10.2 Å². The van der Waals surface area contributed by atoms with Gasteiger partial charge in [0.15, 0.2) is 0 Å². The van der Waals surface area contributed by atoms with Gasteiger partial charge in [-0.3, -0.25) is 0 Å². The van der Waals surface area contributed by atoms with Crippen molar-refractivity contribution in [1.29, 1.82) is 0 Å². The highest BCUT2D eigenvalue weighted by Crippen LogP contribution is 2.35. The van der Waals surface area contributed by atoms with Crippen LogP contribution in [0.5, 0.6) is 11.5 Å². The lowest BCUT2D eigenvalue weighted by molar-refractivity contribution is 0.438. The molecule has 0 fully saturated rings. The van der Waals surface area contributed by atoms with E-state index in [1.807, 2.05) is 0 Å². The fraction of sp³-hybridized carbons (Fsp3) is 0.250. The number of phenols is 2. The van der Waals surface area contributed by atoms with Crippen LogP contribution < -0.4 is 0 Å².